The number of rotatable bonds is 4. The van der Waals surface area contributed by atoms with Crippen molar-refractivity contribution in [1.29, 1.82) is 0 Å². The summed E-state index contributed by atoms with van der Waals surface area (Å²) in [4.78, 5) is 16.4. The number of carbonyl (C=O) groups excluding carboxylic acids is 1. The van der Waals surface area contributed by atoms with Gasteiger partial charge in [0.1, 0.15) is 11.6 Å². The summed E-state index contributed by atoms with van der Waals surface area (Å²) in [5, 5.41) is 3.06. The lowest BCUT2D eigenvalue weighted by atomic mass is 10.1. The second kappa shape index (κ2) is 6.07. The van der Waals surface area contributed by atoms with Crippen molar-refractivity contribution in [3.8, 4) is 5.75 Å². The van der Waals surface area contributed by atoms with Crippen molar-refractivity contribution in [3.63, 3.8) is 0 Å². The molecule has 1 aromatic heterocycles. The second-order valence-electron chi connectivity index (χ2n) is 6.37. The maximum atomic E-state index is 12.1. The highest BCUT2D eigenvalue weighted by molar-refractivity contribution is 5.77. The Kier molecular flexibility index (Phi) is 3.77. The van der Waals surface area contributed by atoms with Crippen LogP contribution < -0.4 is 10.1 Å². The average molecular weight is 311 g/mol. The molecule has 0 saturated carbocycles. The van der Waals surface area contributed by atoms with E-state index in [9.17, 15) is 4.79 Å². The lowest BCUT2D eigenvalue weighted by Gasteiger charge is -2.24. The zero-order valence-corrected chi connectivity index (χ0v) is 13.1. The first kappa shape index (κ1) is 14.3. The molecule has 23 heavy (non-hydrogen) atoms. The van der Waals surface area contributed by atoms with Crippen LogP contribution in [0.25, 0.3) is 0 Å². The van der Waals surface area contributed by atoms with Gasteiger partial charge in [-0.15, -0.1) is 0 Å². The second-order valence-corrected chi connectivity index (χ2v) is 6.37. The fraction of sp³-hybridized carbons (Fsp3) is 0.444. The number of ether oxygens (including phenoxy) is 1. The number of aryl methyl sites for hydroxylation is 3. The molecule has 120 valence electrons. The molecule has 1 N–H and O–H groups in total. The maximum absolute atomic E-state index is 12.1. The Morgan fingerprint density at radius 3 is 3.17 bits per heavy atom. The lowest BCUT2D eigenvalue weighted by Crippen LogP contribution is -2.42. The summed E-state index contributed by atoms with van der Waals surface area (Å²) in [5.74, 6) is 1.84. The first-order valence-corrected chi connectivity index (χ1v) is 8.32. The third-order valence-corrected chi connectivity index (χ3v) is 4.74. The molecule has 1 amide bonds. The monoisotopic (exact) mass is 311 g/mol. The van der Waals surface area contributed by atoms with Crippen molar-refractivity contribution >= 4 is 5.91 Å². The highest BCUT2D eigenvalue weighted by Gasteiger charge is 2.20. The van der Waals surface area contributed by atoms with Crippen LogP contribution in [0, 0.1) is 0 Å². The smallest absolute Gasteiger partial charge is 0.258 e. The molecule has 2 aliphatic rings. The quantitative estimate of drug-likeness (QED) is 0.938. The van der Waals surface area contributed by atoms with Crippen molar-refractivity contribution in [2.24, 2.45) is 0 Å². The number of nitrogens with zero attached hydrogens (tertiary/aromatic N) is 2. The van der Waals surface area contributed by atoms with E-state index in [0.29, 0.717) is 0 Å². The number of carbonyl (C=O) groups is 1. The van der Waals surface area contributed by atoms with E-state index in [0.717, 1.165) is 43.8 Å². The molecule has 4 rings (SSSR count). The van der Waals surface area contributed by atoms with Crippen molar-refractivity contribution in [2.45, 2.75) is 44.7 Å². The number of aromatic nitrogens is 2. The predicted octanol–water partition coefficient (Wildman–Crippen LogP) is 1.88. The van der Waals surface area contributed by atoms with Gasteiger partial charge in [-0.25, -0.2) is 4.98 Å². The molecule has 1 aliphatic heterocycles. The van der Waals surface area contributed by atoms with Gasteiger partial charge in [-0.05, 0) is 48.9 Å². The maximum Gasteiger partial charge on any atom is 0.258 e. The minimum atomic E-state index is -0.0564. The number of benzene rings is 1. The molecule has 0 bridgehead atoms. The third kappa shape index (κ3) is 3.09. The van der Waals surface area contributed by atoms with E-state index in [2.05, 4.69) is 27.0 Å². The molecule has 2 heterocycles. The molecule has 0 radical (unpaired) electrons. The number of nitrogens with one attached hydrogen (secondary N) is 1. The molecule has 2 aromatic rings. The SMILES string of the molecule is O=C(COc1ccc2c(c1)CCC2)N[C@@H]1CCc2nccn2C1. The number of amides is 1. The van der Waals surface area contributed by atoms with E-state index in [1.807, 2.05) is 18.5 Å². The molecule has 0 unspecified atom stereocenters. The minimum Gasteiger partial charge on any atom is -0.484 e. The Bertz CT molecular complexity index is 723. The van der Waals surface area contributed by atoms with Crippen LogP contribution in [0.5, 0.6) is 5.75 Å². The molecule has 1 atom stereocenters. The van der Waals surface area contributed by atoms with Gasteiger partial charge in [0.25, 0.3) is 5.91 Å². The molecular weight excluding hydrogens is 290 g/mol. The third-order valence-electron chi connectivity index (χ3n) is 4.74. The Hall–Kier alpha value is -2.30. The van der Waals surface area contributed by atoms with Crippen LogP contribution in [0.1, 0.15) is 29.8 Å². The minimum absolute atomic E-state index is 0.0564. The molecular formula is C18H21N3O2. The fourth-order valence-corrected chi connectivity index (χ4v) is 3.54. The van der Waals surface area contributed by atoms with Crippen molar-refractivity contribution in [2.75, 3.05) is 6.61 Å². The van der Waals surface area contributed by atoms with Gasteiger partial charge in [-0.3, -0.25) is 4.79 Å². The van der Waals surface area contributed by atoms with Crippen molar-refractivity contribution < 1.29 is 9.53 Å². The summed E-state index contributed by atoms with van der Waals surface area (Å²) in [6, 6.07) is 6.33. The zero-order valence-electron chi connectivity index (χ0n) is 13.1. The molecule has 1 aliphatic carbocycles. The van der Waals surface area contributed by atoms with E-state index in [-0.39, 0.29) is 18.6 Å². The van der Waals surface area contributed by atoms with Gasteiger partial charge in [-0.2, -0.15) is 0 Å². The van der Waals surface area contributed by atoms with Crippen LogP contribution in [0.4, 0.5) is 0 Å². The standard InChI is InChI=1S/C18H21N3O2/c22-18(20-15-5-7-17-19-8-9-21(17)11-15)12-23-16-6-4-13-2-1-3-14(13)10-16/h4,6,8-10,15H,1-3,5,7,11-12H2,(H,20,22)/t15-/m1/s1. The Labute approximate surface area is 135 Å². The molecule has 0 spiro atoms. The van der Waals surface area contributed by atoms with Crippen LogP contribution in [-0.2, 0) is 30.6 Å². The number of hydrogen-bond donors (Lipinski definition) is 1. The van der Waals surface area contributed by atoms with E-state index in [4.69, 9.17) is 4.74 Å². The summed E-state index contributed by atoms with van der Waals surface area (Å²) in [7, 11) is 0. The van der Waals surface area contributed by atoms with Crippen LogP contribution in [-0.4, -0.2) is 28.1 Å². The van der Waals surface area contributed by atoms with Gasteiger partial charge in [0.05, 0.1) is 0 Å². The van der Waals surface area contributed by atoms with Crippen LogP contribution in [0.15, 0.2) is 30.6 Å². The summed E-state index contributed by atoms with van der Waals surface area (Å²) < 4.78 is 7.76. The van der Waals surface area contributed by atoms with Gasteiger partial charge in [0.15, 0.2) is 6.61 Å². The van der Waals surface area contributed by atoms with Crippen molar-refractivity contribution in [3.05, 3.63) is 47.5 Å². The predicted molar refractivity (Wildman–Crippen MR) is 86.4 cm³/mol. The van der Waals surface area contributed by atoms with Crippen molar-refractivity contribution in [1.82, 2.24) is 14.9 Å². The first-order valence-electron chi connectivity index (χ1n) is 8.32. The van der Waals surface area contributed by atoms with E-state index in [1.165, 1.54) is 17.5 Å². The highest BCUT2D eigenvalue weighted by Crippen LogP contribution is 2.25. The van der Waals surface area contributed by atoms with Gasteiger partial charge in [0.2, 0.25) is 0 Å². The van der Waals surface area contributed by atoms with Crippen LogP contribution in [0.3, 0.4) is 0 Å². The molecule has 0 saturated heterocycles. The normalized spacial score (nSPS) is 19.0. The van der Waals surface area contributed by atoms with Gasteiger partial charge in [0, 0.05) is 31.4 Å². The first-order chi connectivity index (χ1) is 11.3. The summed E-state index contributed by atoms with van der Waals surface area (Å²) in [6.45, 7) is 0.867. The van der Waals surface area contributed by atoms with Crippen LogP contribution in [0.2, 0.25) is 0 Å². The van der Waals surface area contributed by atoms with E-state index >= 15 is 0 Å². The zero-order chi connectivity index (χ0) is 15.6. The summed E-state index contributed by atoms with van der Waals surface area (Å²) >= 11 is 0. The molecule has 1 aromatic carbocycles. The largest absolute Gasteiger partial charge is 0.484 e. The van der Waals surface area contributed by atoms with Gasteiger partial charge >= 0.3 is 0 Å². The van der Waals surface area contributed by atoms with Gasteiger partial charge < -0.3 is 14.6 Å². The molecule has 0 fully saturated rings. The fourth-order valence-electron chi connectivity index (χ4n) is 3.54. The Morgan fingerprint density at radius 1 is 1.30 bits per heavy atom. The highest BCUT2D eigenvalue weighted by atomic mass is 16.5. The topological polar surface area (TPSA) is 56.1 Å². The number of imidazole rings is 1. The molecule has 5 heteroatoms. The number of hydrogen-bond acceptors (Lipinski definition) is 3. The Balaban J connectivity index is 1.29. The van der Waals surface area contributed by atoms with Gasteiger partial charge in [-0.1, -0.05) is 6.07 Å². The molecule has 5 nitrogen and oxygen atoms in total. The lowest BCUT2D eigenvalue weighted by molar-refractivity contribution is -0.124. The van der Waals surface area contributed by atoms with E-state index in [1.54, 1.807) is 0 Å². The summed E-state index contributed by atoms with van der Waals surface area (Å²) in [5.41, 5.74) is 2.78. The Morgan fingerprint density at radius 2 is 2.22 bits per heavy atom. The average Bonchev–Trinajstić information content (AvgIpc) is 3.20. The number of fused-ring (bicyclic) bond motifs is 2. The van der Waals surface area contributed by atoms with Crippen LogP contribution >= 0.6 is 0 Å². The van der Waals surface area contributed by atoms with E-state index < -0.39 is 0 Å². The summed E-state index contributed by atoms with van der Waals surface area (Å²) in [6.07, 6.45) is 9.12.